The lowest BCUT2D eigenvalue weighted by Crippen LogP contribution is -2.33. The third kappa shape index (κ3) is 3.48. The van der Waals surface area contributed by atoms with Crippen molar-refractivity contribution in [3.8, 4) is 0 Å². The summed E-state index contributed by atoms with van der Waals surface area (Å²) in [5, 5.41) is 3.07. The van der Waals surface area contributed by atoms with Gasteiger partial charge in [0.2, 0.25) is 0 Å². The lowest BCUT2D eigenvalue weighted by atomic mass is 9.97. The van der Waals surface area contributed by atoms with Crippen LogP contribution in [0.5, 0.6) is 0 Å². The summed E-state index contributed by atoms with van der Waals surface area (Å²) < 4.78 is 1.02. The lowest BCUT2D eigenvalue weighted by Gasteiger charge is -2.14. The fourth-order valence-electron chi connectivity index (χ4n) is 3.90. The van der Waals surface area contributed by atoms with E-state index < -0.39 is 0 Å². The Morgan fingerprint density at radius 3 is 2.60 bits per heavy atom. The van der Waals surface area contributed by atoms with E-state index in [2.05, 4.69) is 43.4 Å². The van der Waals surface area contributed by atoms with Gasteiger partial charge in [0.1, 0.15) is 5.71 Å². The molecule has 2 aliphatic heterocycles. The van der Waals surface area contributed by atoms with Gasteiger partial charge >= 0.3 is 0 Å². The highest BCUT2D eigenvalue weighted by Crippen LogP contribution is 2.34. The van der Waals surface area contributed by atoms with Crippen LogP contribution in [0.25, 0.3) is 0 Å². The molecule has 3 heterocycles. The first-order valence-corrected chi connectivity index (χ1v) is 10.6. The summed E-state index contributed by atoms with van der Waals surface area (Å²) in [6.45, 7) is 2.64. The summed E-state index contributed by atoms with van der Waals surface area (Å²) in [4.78, 5) is 26.3. The van der Waals surface area contributed by atoms with E-state index in [1.54, 1.807) is 12.4 Å². The zero-order chi connectivity index (χ0) is 20.7. The average Bonchev–Trinajstić information content (AvgIpc) is 3.36. The first-order valence-electron chi connectivity index (χ1n) is 9.83. The molecule has 1 atom stereocenters. The Hall–Kier alpha value is -3.12. The topological polar surface area (TPSA) is 66.7 Å². The number of aliphatic imine (C=N–C) groups is 2. The number of aromatic nitrogens is 1. The van der Waals surface area contributed by atoms with E-state index in [1.807, 2.05) is 43.3 Å². The number of rotatable bonds is 4. The average molecular weight is 459 g/mol. The molecule has 5 nitrogen and oxygen atoms in total. The number of hydrogen-bond donors (Lipinski definition) is 1. The van der Waals surface area contributed by atoms with E-state index in [9.17, 15) is 4.79 Å². The molecule has 0 unspecified atom stereocenters. The van der Waals surface area contributed by atoms with E-state index >= 15 is 0 Å². The maximum absolute atomic E-state index is 12.8. The molecule has 1 aromatic heterocycles. The monoisotopic (exact) mass is 458 g/mol. The van der Waals surface area contributed by atoms with Crippen molar-refractivity contribution >= 4 is 38.9 Å². The van der Waals surface area contributed by atoms with Crippen molar-refractivity contribution in [2.45, 2.75) is 25.9 Å². The van der Waals surface area contributed by atoms with Gasteiger partial charge in [0.05, 0.1) is 24.0 Å². The van der Waals surface area contributed by atoms with Crippen molar-refractivity contribution in [2.75, 3.05) is 0 Å². The second kappa shape index (κ2) is 7.61. The Morgan fingerprint density at radius 1 is 1.07 bits per heavy atom. The van der Waals surface area contributed by atoms with Gasteiger partial charge in [-0.05, 0) is 53.9 Å². The second-order valence-electron chi connectivity index (χ2n) is 7.52. The smallest absolute Gasteiger partial charge is 0.266 e. The quantitative estimate of drug-likeness (QED) is 0.615. The maximum Gasteiger partial charge on any atom is 0.266 e. The number of nitrogens with one attached hydrogen (secondary N) is 1. The van der Waals surface area contributed by atoms with E-state index in [0.717, 1.165) is 38.1 Å². The van der Waals surface area contributed by atoms with Gasteiger partial charge in [-0.2, -0.15) is 0 Å². The zero-order valence-electron chi connectivity index (χ0n) is 16.4. The van der Waals surface area contributed by atoms with Crippen LogP contribution in [0.1, 0.15) is 40.8 Å². The van der Waals surface area contributed by atoms with Crippen molar-refractivity contribution in [1.82, 2.24) is 10.3 Å². The molecular weight excluding hydrogens is 440 g/mol. The molecule has 6 heteroatoms. The molecule has 0 saturated heterocycles. The highest BCUT2D eigenvalue weighted by molar-refractivity contribution is 9.10. The number of amides is 1. The van der Waals surface area contributed by atoms with Gasteiger partial charge in [0.25, 0.3) is 5.91 Å². The number of carbonyl (C=O) groups excluding carboxylic acids is 1. The molecule has 0 aliphatic carbocycles. The van der Waals surface area contributed by atoms with Gasteiger partial charge in [-0.1, -0.05) is 34.1 Å². The fraction of sp³-hybridized carbons (Fsp3) is 0.167. The van der Waals surface area contributed by atoms with Crippen LogP contribution in [0.15, 0.2) is 75.4 Å². The molecule has 30 heavy (non-hydrogen) atoms. The van der Waals surface area contributed by atoms with Crippen molar-refractivity contribution in [1.29, 1.82) is 0 Å². The first kappa shape index (κ1) is 18.9. The van der Waals surface area contributed by atoms with Gasteiger partial charge in [0, 0.05) is 34.4 Å². The van der Waals surface area contributed by atoms with E-state index in [0.29, 0.717) is 18.7 Å². The normalized spacial score (nSPS) is 15.1. The van der Waals surface area contributed by atoms with Crippen LogP contribution in [0.3, 0.4) is 0 Å². The van der Waals surface area contributed by atoms with Gasteiger partial charge in [-0.25, -0.2) is 4.99 Å². The van der Waals surface area contributed by atoms with Gasteiger partial charge in [0.15, 0.2) is 0 Å². The van der Waals surface area contributed by atoms with Crippen molar-refractivity contribution < 1.29 is 4.79 Å². The van der Waals surface area contributed by atoms with E-state index in [4.69, 9.17) is 4.99 Å². The van der Waals surface area contributed by atoms with E-state index in [1.165, 1.54) is 5.56 Å². The maximum atomic E-state index is 12.8. The summed E-state index contributed by atoms with van der Waals surface area (Å²) in [7, 11) is 0. The van der Waals surface area contributed by atoms with Crippen molar-refractivity contribution in [3.63, 3.8) is 0 Å². The number of pyridine rings is 1. The van der Waals surface area contributed by atoms with E-state index in [-0.39, 0.29) is 11.9 Å². The summed E-state index contributed by atoms with van der Waals surface area (Å²) >= 11 is 3.44. The van der Waals surface area contributed by atoms with Crippen LogP contribution in [0.2, 0.25) is 0 Å². The molecule has 1 amide bonds. The number of carbonyl (C=O) groups is 1. The molecule has 3 aromatic rings. The first-order chi connectivity index (χ1) is 14.6. The third-order valence-electron chi connectivity index (χ3n) is 5.51. The summed E-state index contributed by atoms with van der Waals surface area (Å²) in [6, 6.07) is 16.0. The molecule has 0 bridgehead atoms. The Labute approximate surface area is 183 Å². The number of nitrogens with zero attached hydrogens (tertiary/aromatic N) is 3. The van der Waals surface area contributed by atoms with Gasteiger partial charge in [-0.3, -0.25) is 14.8 Å². The van der Waals surface area contributed by atoms with Crippen LogP contribution in [0, 0.1) is 0 Å². The largest absolute Gasteiger partial charge is 0.344 e. The highest BCUT2D eigenvalue weighted by atomic mass is 79.9. The number of fused-ring (bicyclic) bond motifs is 2. The van der Waals surface area contributed by atoms with Crippen LogP contribution in [-0.4, -0.2) is 22.3 Å². The van der Waals surface area contributed by atoms with Crippen LogP contribution in [-0.2, 0) is 17.8 Å². The summed E-state index contributed by atoms with van der Waals surface area (Å²) in [5.74, 6) is -0.121. The van der Waals surface area contributed by atoms with Crippen LogP contribution in [0.4, 0.5) is 5.69 Å². The standard InChI is InChI=1S/C24H19BrN4O/c1-14(15-2-4-19(25)5-3-15)28-24(30)22-11-17-10-18-13-27-23(16-6-8-26-9-7-16)20(18)12-21(17)29-22/h2-10,12,14H,11,13H2,1H3,(H,28,30)/t14-/m1/s1. The van der Waals surface area contributed by atoms with Gasteiger partial charge < -0.3 is 5.32 Å². The molecular formula is C24H19BrN4O. The lowest BCUT2D eigenvalue weighted by molar-refractivity contribution is -0.115. The zero-order valence-corrected chi connectivity index (χ0v) is 18.0. The minimum absolute atomic E-state index is 0.0903. The number of hydrogen-bond acceptors (Lipinski definition) is 4. The predicted molar refractivity (Wildman–Crippen MR) is 122 cm³/mol. The minimum atomic E-state index is -0.121. The number of benzene rings is 2. The van der Waals surface area contributed by atoms with Crippen molar-refractivity contribution in [2.24, 2.45) is 9.98 Å². The second-order valence-corrected chi connectivity index (χ2v) is 8.44. The SMILES string of the molecule is C[C@@H](NC(=O)C1=Nc2cc3c(cc2C1)CN=C3c1ccncc1)c1ccc(Br)cc1. The molecule has 0 saturated carbocycles. The van der Waals surface area contributed by atoms with Crippen LogP contribution < -0.4 is 5.32 Å². The Morgan fingerprint density at radius 2 is 1.83 bits per heavy atom. The predicted octanol–water partition coefficient (Wildman–Crippen LogP) is 4.70. The summed E-state index contributed by atoms with van der Waals surface area (Å²) in [6.07, 6.45) is 4.10. The molecule has 2 aromatic carbocycles. The molecule has 5 rings (SSSR count). The molecule has 1 N–H and O–H groups in total. The number of halogens is 1. The molecule has 0 spiro atoms. The summed E-state index contributed by atoms with van der Waals surface area (Å²) in [5.41, 5.74) is 7.84. The van der Waals surface area contributed by atoms with Gasteiger partial charge in [-0.15, -0.1) is 0 Å². The van der Waals surface area contributed by atoms with Crippen molar-refractivity contribution in [3.05, 3.63) is 93.2 Å². The third-order valence-corrected chi connectivity index (χ3v) is 6.04. The molecule has 2 aliphatic rings. The minimum Gasteiger partial charge on any atom is -0.344 e. The molecule has 0 fully saturated rings. The highest BCUT2D eigenvalue weighted by Gasteiger charge is 2.26. The molecule has 0 radical (unpaired) electrons. The Bertz CT molecular complexity index is 1200. The van der Waals surface area contributed by atoms with Crippen LogP contribution >= 0.6 is 15.9 Å². The Balaban J connectivity index is 1.36. The Kier molecular flexibility index (Phi) is 4.79. The fourth-order valence-corrected chi connectivity index (χ4v) is 4.16. The molecule has 148 valence electrons.